The smallest absolute Gasteiger partial charge is 0.148 e. The van der Waals surface area contributed by atoms with Crippen molar-refractivity contribution in [3.8, 4) is 66.8 Å². The highest BCUT2D eigenvalue weighted by atomic mass is 19.1. The summed E-state index contributed by atoms with van der Waals surface area (Å²) in [6, 6.07) is 99.2. The molecule has 13 aromatic carbocycles. The molecule has 0 N–H and O–H groups in total. The van der Waals surface area contributed by atoms with Crippen molar-refractivity contribution in [3.05, 3.63) is 313 Å². The van der Waals surface area contributed by atoms with Gasteiger partial charge in [-0.3, -0.25) is 4.90 Å². The van der Waals surface area contributed by atoms with E-state index in [-0.39, 0.29) is 5.82 Å². The first-order valence-corrected chi connectivity index (χ1v) is 28.0. The minimum Gasteiger partial charge on any atom is -0.307 e. The fraction of sp³-hybridized carbons (Fsp3) is 0.0130. The van der Waals surface area contributed by atoms with E-state index in [1.165, 1.54) is 77.5 Å². The monoisotopic (exact) mass is 1050 g/mol. The van der Waals surface area contributed by atoms with E-state index in [1.54, 1.807) is 18.5 Å². The molecule has 0 fully saturated rings. The van der Waals surface area contributed by atoms with Crippen molar-refractivity contribution < 1.29 is 4.39 Å². The molecule has 0 bridgehead atoms. The lowest BCUT2D eigenvalue weighted by Crippen LogP contribution is -2.26. The Hall–Kier alpha value is -10.8. The van der Waals surface area contributed by atoms with Crippen molar-refractivity contribution in [1.29, 1.82) is 0 Å². The Labute approximate surface area is 474 Å². The second-order valence-electron chi connectivity index (χ2n) is 21.6. The molecular weight excluding hydrogens is 1000 g/mol. The number of anilines is 6. The summed E-state index contributed by atoms with van der Waals surface area (Å²) in [6.45, 7) is 0. The summed E-state index contributed by atoms with van der Waals surface area (Å²) in [6.07, 6.45) is 1.65. The average molecular weight is 1050 g/mol. The van der Waals surface area contributed by atoms with Crippen molar-refractivity contribution >= 4 is 66.7 Å². The molecule has 0 atom stereocenters. The molecule has 82 heavy (non-hydrogen) atoms. The van der Waals surface area contributed by atoms with Crippen molar-refractivity contribution in [2.24, 2.45) is 0 Å². The molecule has 0 radical (unpaired) electrons. The van der Waals surface area contributed by atoms with Gasteiger partial charge >= 0.3 is 0 Å². The van der Waals surface area contributed by atoms with Crippen LogP contribution >= 0.6 is 0 Å². The van der Waals surface area contributed by atoms with Crippen LogP contribution < -0.4 is 9.80 Å². The number of nitrogens with zero attached hydrogens (tertiary/aromatic N) is 4. The van der Waals surface area contributed by atoms with E-state index < -0.39 is 5.41 Å². The lowest BCUT2D eigenvalue weighted by Gasteiger charge is -2.32. The maximum Gasteiger partial charge on any atom is 0.148 e. The predicted molar refractivity (Wildman–Crippen MR) is 335 cm³/mol. The standard InChI is InChI=1S/C77H47FN4/c78-66-35-13-15-37-68(66)82(69-38-18-34-65-73(69)58-27-8-12-33-64(58)77(65)62-31-10-6-23-54(62)55-24-7-11-32-63(55)77)53-45-41-50(42-46-53)72-57-26-5-4-25-56(57)71(74-60-29-16-19-48-20-17-30-61(70(48)60)75(72)74)49-39-43-52(44-40-49)81(51-21-2-1-3-22-51)76-59-28-9-14-36-67(59)79-47-80-76/h1-47H. The third-order valence-corrected chi connectivity index (χ3v) is 17.6. The van der Waals surface area contributed by atoms with Gasteiger partial charge in [0, 0.05) is 28.0 Å². The second-order valence-corrected chi connectivity index (χ2v) is 21.6. The first kappa shape index (κ1) is 46.2. The van der Waals surface area contributed by atoms with Crippen LogP contribution in [0, 0.1) is 5.82 Å². The Kier molecular flexibility index (Phi) is 10.1. The van der Waals surface area contributed by atoms with Crippen LogP contribution in [-0.2, 0) is 5.41 Å². The summed E-state index contributed by atoms with van der Waals surface area (Å²) in [7, 11) is 0. The van der Waals surface area contributed by atoms with Gasteiger partial charge in [-0.25, -0.2) is 14.4 Å². The van der Waals surface area contributed by atoms with Gasteiger partial charge in [-0.05, 0) is 172 Å². The average Bonchev–Trinajstić information content (AvgIpc) is 2.65. The van der Waals surface area contributed by atoms with E-state index in [0.29, 0.717) is 5.69 Å². The minimum atomic E-state index is -0.550. The first-order valence-electron chi connectivity index (χ1n) is 28.0. The molecule has 0 saturated heterocycles. The maximum atomic E-state index is 16.9. The molecule has 1 aromatic heterocycles. The largest absolute Gasteiger partial charge is 0.307 e. The topological polar surface area (TPSA) is 32.3 Å². The van der Waals surface area contributed by atoms with Gasteiger partial charge < -0.3 is 4.90 Å². The van der Waals surface area contributed by atoms with Crippen LogP contribution in [0.3, 0.4) is 0 Å². The van der Waals surface area contributed by atoms with Crippen LogP contribution in [0.15, 0.2) is 285 Å². The Morgan fingerprint density at radius 3 is 1.40 bits per heavy atom. The second kappa shape index (κ2) is 17.9. The van der Waals surface area contributed by atoms with Gasteiger partial charge in [0.05, 0.1) is 22.3 Å². The fourth-order valence-electron chi connectivity index (χ4n) is 14.4. The van der Waals surface area contributed by atoms with Crippen LogP contribution in [0.1, 0.15) is 22.3 Å². The summed E-state index contributed by atoms with van der Waals surface area (Å²) < 4.78 is 16.9. The maximum absolute atomic E-state index is 16.9. The molecule has 382 valence electrons. The van der Waals surface area contributed by atoms with Crippen molar-refractivity contribution in [1.82, 2.24) is 9.97 Å². The molecule has 3 aliphatic carbocycles. The van der Waals surface area contributed by atoms with Crippen molar-refractivity contribution in [2.45, 2.75) is 5.41 Å². The van der Waals surface area contributed by atoms with Gasteiger partial charge in [0.1, 0.15) is 18.0 Å². The number of para-hydroxylation sites is 3. The number of halogens is 1. The van der Waals surface area contributed by atoms with Crippen molar-refractivity contribution in [2.75, 3.05) is 9.80 Å². The Morgan fingerprint density at radius 1 is 0.305 bits per heavy atom. The van der Waals surface area contributed by atoms with Crippen LogP contribution in [0.2, 0.25) is 0 Å². The third kappa shape index (κ3) is 6.47. The van der Waals surface area contributed by atoms with Crippen molar-refractivity contribution in [3.63, 3.8) is 0 Å². The molecular formula is C77H47FN4. The van der Waals surface area contributed by atoms with Gasteiger partial charge in [-0.1, -0.05) is 212 Å². The normalized spacial score (nSPS) is 12.8. The number of benzene rings is 13. The highest BCUT2D eigenvalue weighted by Crippen LogP contribution is 2.65. The SMILES string of the molecule is Fc1ccccc1N(c1ccc(-c2c3c(c(-c4ccc(N(c5ccccc5)c5ncnc6ccccc56)cc4)c4ccccc24)-c2cccc4cccc-3c24)cc1)c1cccc2c1-c1ccccc1C21c2ccccc2-c2ccccc21. The Balaban J connectivity index is 0.852. The molecule has 17 rings (SSSR count). The van der Waals surface area contributed by atoms with E-state index in [9.17, 15) is 0 Å². The van der Waals surface area contributed by atoms with Gasteiger partial charge in [-0.2, -0.15) is 0 Å². The molecule has 0 saturated carbocycles. The molecule has 3 aliphatic rings. The molecule has 0 unspecified atom stereocenters. The molecule has 5 heteroatoms. The quantitative estimate of drug-likeness (QED) is 0.152. The summed E-state index contributed by atoms with van der Waals surface area (Å²) in [5.74, 6) is 0.522. The molecule has 4 nitrogen and oxygen atoms in total. The van der Waals surface area contributed by atoms with Crippen LogP contribution in [0.4, 0.5) is 38.6 Å². The summed E-state index contributed by atoms with van der Waals surface area (Å²) >= 11 is 0. The molecule has 1 spiro atoms. The molecule has 0 aliphatic heterocycles. The predicted octanol–water partition coefficient (Wildman–Crippen LogP) is 20.3. The van der Waals surface area contributed by atoms with Gasteiger partial charge in [-0.15, -0.1) is 0 Å². The summed E-state index contributed by atoms with van der Waals surface area (Å²) in [4.78, 5) is 13.9. The highest BCUT2D eigenvalue weighted by Gasteiger charge is 2.52. The molecule has 0 amide bonds. The summed E-state index contributed by atoms with van der Waals surface area (Å²) in [5.41, 5.74) is 23.7. The number of hydrogen-bond acceptors (Lipinski definition) is 4. The van der Waals surface area contributed by atoms with E-state index in [1.807, 2.05) is 36.4 Å². The summed E-state index contributed by atoms with van der Waals surface area (Å²) in [5, 5.41) is 5.75. The van der Waals surface area contributed by atoms with Crippen LogP contribution in [0.25, 0.3) is 99.2 Å². The van der Waals surface area contributed by atoms with E-state index in [2.05, 4.69) is 245 Å². The Morgan fingerprint density at radius 2 is 0.768 bits per heavy atom. The number of rotatable bonds is 8. The lowest BCUT2D eigenvalue weighted by atomic mass is 9.70. The van der Waals surface area contributed by atoms with E-state index in [4.69, 9.17) is 4.98 Å². The number of fused-ring (bicyclic) bond motifs is 15. The van der Waals surface area contributed by atoms with Gasteiger partial charge in [0.15, 0.2) is 0 Å². The first-order chi connectivity index (χ1) is 40.6. The number of aromatic nitrogens is 2. The zero-order valence-corrected chi connectivity index (χ0v) is 44.3. The van der Waals surface area contributed by atoms with Gasteiger partial charge in [0.2, 0.25) is 0 Å². The van der Waals surface area contributed by atoms with E-state index in [0.717, 1.165) is 72.5 Å². The fourth-order valence-corrected chi connectivity index (χ4v) is 14.4. The number of hydrogen-bond donors (Lipinski definition) is 0. The zero-order valence-electron chi connectivity index (χ0n) is 44.3. The molecule has 1 heterocycles. The van der Waals surface area contributed by atoms with Crippen LogP contribution in [-0.4, -0.2) is 9.97 Å². The molecule has 14 aromatic rings. The Bertz CT molecular complexity index is 4900. The minimum absolute atomic E-state index is 0.296. The van der Waals surface area contributed by atoms with E-state index >= 15 is 4.39 Å². The lowest BCUT2D eigenvalue weighted by molar-refractivity contribution is 0.629. The van der Waals surface area contributed by atoms with Gasteiger partial charge in [0.25, 0.3) is 0 Å². The highest BCUT2D eigenvalue weighted by molar-refractivity contribution is 6.27. The zero-order chi connectivity index (χ0) is 54.0. The third-order valence-electron chi connectivity index (χ3n) is 17.6. The van der Waals surface area contributed by atoms with Crippen LogP contribution in [0.5, 0.6) is 0 Å².